The van der Waals surface area contributed by atoms with E-state index in [4.69, 9.17) is 11.6 Å². The summed E-state index contributed by atoms with van der Waals surface area (Å²) >= 11 is 5.92. The van der Waals surface area contributed by atoms with Crippen molar-refractivity contribution in [3.05, 3.63) is 29.3 Å². The van der Waals surface area contributed by atoms with Gasteiger partial charge in [-0.25, -0.2) is 4.90 Å². The fourth-order valence-corrected chi connectivity index (χ4v) is 3.06. The molecule has 0 spiro atoms. The van der Waals surface area contributed by atoms with Crippen LogP contribution in [0, 0.1) is 0 Å². The van der Waals surface area contributed by atoms with Crippen molar-refractivity contribution >= 4 is 34.9 Å². The first-order valence-electron chi connectivity index (χ1n) is 6.94. The van der Waals surface area contributed by atoms with Gasteiger partial charge in [-0.3, -0.25) is 19.3 Å². The summed E-state index contributed by atoms with van der Waals surface area (Å²) in [5.41, 5.74) is 0.507. The van der Waals surface area contributed by atoms with Crippen molar-refractivity contribution in [3.8, 4) is 0 Å². The molecule has 0 aromatic heterocycles. The SMILES string of the molecule is O=C1CCN([C@H]2CC(=O)N(c3cccc(Cl)c3)C2=O)CC1. The van der Waals surface area contributed by atoms with Crippen LogP contribution < -0.4 is 4.90 Å². The van der Waals surface area contributed by atoms with Crippen LogP contribution in [0.15, 0.2) is 24.3 Å². The van der Waals surface area contributed by atoms with Crippen LogP contribution in [-0.2, 0) is 14.4 Å². The van der Waals surface area contributed by atoms with E-state index >= 15 is 0 Å². The molecule has 21 heavy (non-hydrogen) atoms. The molecule has 5 nitrogen and oxygen atoms in total. The Balaban J connectivity index is 1.81. The van der Waals surface area contributed by atoms with Gasteiger partial charge in [-0.05, 0) is 18.2 Å². The molecule has 0 aliphatic carbocycles. The maximum atomic E-state index is 12.5. The molecule has 1 aromatic carbocycles. The highest BCUT2D eigenvalue weighted by atomic mass is 35.5. The number of Topliss-reactive ketones (excluding diaryl/α,β-unsaturated/α-hetero) is 1. The third-order valence-electron chi connectivity index (χ3n) is 3.99. The predicted octanol–water partition coefficient (Wildman–Crippen LogP) is 1.64. The van der Waals surface area contributed by atoms with Crippen molar-refractivity contribution in [3.63, 3.8) is 0 Å². The summed E-state index contributed by atoms with van der Waals surface area (Å²) in [5.74, 6) is -0.226. The summed E-state index contributed by atoms with van der Waals surface area (Å²) in [5, 5.41) is 0.486. The zero-order valence-corrected chi connectivity index (χ0v) is 12.2. The van der Waals surface area contributed by atoms with Gasteiger partial charge < -0.3 is 0 Å². The molecule has 0 N–H and O–H groups in total. The second-order valence-corrected chi connectivity index (χ2v) is 5.78. The first-order valence-corrected chi connectivity index (χ1v) is 7.32. The number of imide groups is 1. The largest absolute Gasteiger partial charge is 0.300 e. The van der Waals surface area contributed by atoms with Gasteiger partial charge in [0.05, 0.1) is 18.2 Å². The van der Waals surface area contributed by atoms with Gasteiger partial charge in [0.15, 0.2) is 0 Å². The van der Waals surface area contributed by atoms with E-state index in [9.17, 15) is 14.4 Å². The summed E-state index contributed by atoms with van der Waals surface area (Å²) in [7, 11) is 0. The second kappa shape index (κ2) is 5.58. The number of rotatable bonds is 2. The van der Waals surface area contributed by atoms with E-state index in [-0.39, 0.29) is 24.0 Å². The molecule has 0 saturated carbocycles. The Labute approximate surface area is 127 Å². The third-order valence-corrected chi connectivity index (χ3v) is 4.22. The molecule has 2 aliphatic heterocycles. The number of carbonyl (C=O) groups is 3. The van der Waals surface area contributed by atoms with Gasteiger partial charge in [0, 0.05) is 31.0 Å². The molecule has 1 atom stereocenters. The topological polar surface area (TPSA) is 57.7 Å². The summed E-state index contributed by atoms with van der Waals surface area (Å²) < 4.78 is 0. The lowest BCUT2D eigenvalue weighted by molar-refractivity contribution is -0.127. The number of likely N-dealkylation sites (tertiary alicyclic amines) is 1. The lowest BCUT2D eigenvalue weighted by atomic mass is 10.1. The lowest BCUT2D eigenvalue weighted by Crippen LogP contribution is -2.46. The molecule has 2 heterocycles. The fourth-order valence-electron chi connectivity index (χ4n) is 2.87. The fraction of sp³-hybridized carbons (Fsp3) is 0.400. The number of ketones is 1. The van der Waals surface area contributed by atoms with Crippen molar-refractivity contribution in [1.82, 2.24) is 4.90 Å². The van der Waals surface area contributed by atoms with Gasteiger partial charge in [0.1, 0.15) is 5.78 Å². The molecule has 2 aliphatic rings. The first kappa shape index (κ1) is 14.2. The molecule has 110 valence electrons. The highest BCUT2D eigenvalue weighted by Crippen LogP contribution is 2.28. The quantitative estimate of drug-likeness (QED) is 0.779. The molecular weight excluding hydrogens is 292 g/mol. The van der Waals surface area contributed by atoms with Gasteiger partial charge in [-0.1, -0.05) is 17.7 Å². The number of hydrogen-bond acceptors (Lipinski definition) is 4. The van der Waals surface area contributed by atoms with Crippen molar-refractivity contribution in [2.75, 3.05) is 18.0 Å². The van der Waals surface area contributed by atoms with Crippen LogP contribution in [-0.4, -0.2) is 41.6 Å². The van der Waals surface area contributed by atoms with Crippen LogP contribution >= 0.6 is 11.6 Å². The smallest absolute Gasteiger partial charge is 0.251 e. The molecule has 2 fully saturated rings. The number of anilines is 1. The van der Waals surface area contributed by atoms with E-state index < -0.39 is 6.04 Å². The Morgan fingerprint density at radius 1 is 1.10 bits per heavy atom. The zero-order valence-electron chi connectivity index (χ0n) is 11.4. The monoisotopic (exact) mass is 306 g/mol. The highest BCUT2D eigenvalue weighted by Gasteiger charge is 2.43. The minimum Gasteiger partial charge on any atom is -0.300 e. The summed E-state index contributed by atoms with van der Waals surface area (Å²) in [4.78, 5) is 39.2. The molecule has 2 amide bonds. The first-order chi connectivity index (χ1) is 10.1. The van der Waals surface area contributed by atoms with Crippen LogP contribution in [0.1, 0.15) is 19.3 Å². The van der Waals surface area contributed by atoms with Gasteiger partial charge >= 0.3 is 0 Å². The summed E-state index contributed by atoms with van der Waals surface area (Å²) in [6.45, 7) is 1.10. The normalized spacial score (nSPS) is 24.0. The lowest BCUT2D eigenvalue weighted by Gasteiger charge is -2.29. The summed E-state index contributed by atoms with van der Waals surface area (Å²) in [6.07, 6.45) is 1.07. The number of halogens is 1. The maximum Gasteiger partial charge on any atom is 0.251 e. The Morgan fingerprint density at radius 3 is 2.48 bits per heavy atom. The number of benzene rings is 1. The molecule has 3 rings (SSSR count). The molecular formula is C15H15ClN2O3. The number of piperidine rings is 1. The minimum atomic E-state index is -0.454. The standard InChI is InChI=1S/C15H15ClN2O3/c16-10-2-1-3-11(8-10)18-14(20)9-13(15(18)21)17-6-4-12(19)5-7-17/h1-3,8,13H,4-7,9H2/t13-/m0/s1. The number of carbonyl (C=O) groups excluding carboxylic acids is 3. The van der Waals surface area contributed by atoms with Crippen LogP contribution in [0.25, 0.3) is 0 Å². The van der Waals surface area contributed by atoms with Crippen molar-refractivity contribution in [2.45, 2.75) is 25.3 Å². The average Bonchev–Trinajstić information content (AvgIpc) is 2.75. The zero-order chi connectivity index (χ0) is 15.0. The van der Waals surface area contributed by atoms with Gasteiger partial charge in [0.25, 0.3) is 5.91 Å². The third kappa shape index (κ3) is 2.71. The van der Waals surface area contributed by atoms with Crippen molar-refractivity contribution in [2.24, 2.45) is 0 Å². The minimum absolute atomic E-state index is 0.166. The van der Waals surface area contributed by atoms with Gasteiger partial charge in [0.2, 0.25) is 5.91 Å². The van der Waals surface area contributed by atoms with E-state index in [1.165, 1.54) is 4.90 Å². The predicted molar refractivity (Wildman–Crippen MR) is 78.2 cm³/mol. The average molecular weight is 307 g/mol. The molecule has 1 aromatic rings. The van der Waals surface area contributed by atoms with Crippen molar-refractivity contribution in [1.29, 1.82) is 0 Å². The molecule has 6 heteroatoms. The van der Waals surface area contributed by atoms with E-state index in [2.05, 4.69) is 0 Å². The Bertz CT molecular complexity index is 607. The molecule has 0 bridgehead atoms. The van der Waals surface area contributed by atoms with E-state index in [1.54, 1.807) is 24.3 Å². The van der Waals surface area contributed by atoms with Gasteiger partial charge in [-0.15, -0.1) is 0 Å². The Hall–Kier alpha value is -1.72. The Kier molecular flexibility index (Phi) is 3.78. The van der Waals surface area contributed by atoms with Crippen LogP contribution in [0.5, 0.6) is 0 Å². The molecule has 0 radical (unpaired) electrons. The second-order valence-electron chi connectivity index (χ2n) is 5.34. The highest BCUT2D eigenvalue weighted by molar-refractivity contribution is 6.31. The van der Waals surface area contributed by atoms with E-state index in [0.29, 0.717) is 36.6 Å². The van der Waals surface area contributed by atoms with E-state index in [1.807, 2.05) is 4.90 Å². The summed E-state index contributed by atoms with van der Waals surface area (Å²) in [6, 6.07) is 6.27. The van der Waals surface area contributed by atoms with Gasteiger partial charge in [-0.2, -0.15) is 0 Å². The maximum absolute atomic E-state index is 12.5. The van der Waals surface area contributed by atoms with Crippen LogP contribution in [0.2, 0.25) is 5.02 Å². The number of nitrogens with zero attached hydrogens (tertiary/aromatic N) is 2. The number of amides is 2. The number of hydrogen-bond donors (Lipinski definition) is 0. The van der Waals surface area contributed by atoms with E-state index in [0.717, 1.165) is 0 Å². The molecule has 0 unspecified atom stereocenters. The molecule has 2 saturated heterocycles. The Morgan fingerprint density at radius 2 is 1.81 bits per heavy atom. The van der Waals surface area contributed by atoms with Crippen LogP contribution in [0.3, 0.4) is 0 Å². The van der Waals surface area contributed by atoms with Crippen molar-refractivity contribution < 1.29 is 14.4 Å². The van der Waals surface area contributed by atoms with Crippen LogP contribution in [0.4, 0.5) is 5.69 Å².